The van der Waals surface area contributed by atoms with Gasteiger partial charge in [-0.1, -0.05) is 36.0 Å². The fourth-order valence-electron chi connectivity index (χ4n) is 2.53. The molecule has 3 rings (SSSR count). The van der Waals surface area contributed by atoms with Gasteiger partial charge in [0.1, 0.15) is 5.82 Å². The van der Waals surface area contributed by atoms with Crippen LogP contribution < -0.4 is 15.0 Å². The van der Waals surface area contributed by atoms with Gasteiger partial charge in [-0.3, -0.25) is 0 Å². The number of pyridine rings is 1. The van der Waals surface area contributed by atoms with E-state index in [1.165, 1.54) is 24.3 Å². The molecule has 3 nitrogen and oxygen atoms in total. The average molecular weight is 399 g/mol. The first-order valence-electron chi connectivity index (χ1n) is 8.16. The number of aryl methyl sites for hydroxylation is 1. The summed E-state index contributed by atoms with van der Waals surface area (Å²) in [5.74, 6) is -0.713. The Morgan fingerprint density at radius 3 is 2.37 bits per heavy atom. The molecule has 0 saturated carbocycles. The van der Waals surface area contributed by atoms with E-state index in [0.29, 0.717) is 16.3 Å². The second kappa shape index (κ2) is 8.29. The van der Waals surface area contributed by atoms with Gasteiger partial charge in [0.15, 0.2) is 17.4 Å². The first-order chi connectivity index (χ1) is 12.9. The van der Waals surface area contributed by atoms with Gasteiger partial charge in [-0.15, -0.1) is 0 Å². The van der Waals surface area contributed by atoms with Crippen LogP contribution in [0.5, 0.6) is 0 Å². The normalized spacial score (nSPS) is 11.7. The molecule has 0 aliphatic carbocycles. The van der Waals surface area contributed by atoms with Crippen LogP contribution in [0.25, 0.3) is 11.5 Å². The van der Waals surface area contributed by atoms with E-state index < -0.39 is 5.82 Å². The predicted molar refractivity (Wildman–Crippen MR) is 109 cm³/mol. The quantitative estimate of drug-likeness (QED) is 0.310. The van der Waals surface area contributed by atoms with E-state index in [-0.39, 0.29) is 16.4 Å². The van der Waals surface area contributed by atoms with Gasteiger partial charge in [-0.25, -0.2) is 4.39 Å². The third-order valence-corrected chi connectivity index (χ3v) is 4.39. The molecule has 136 valence electrons. The van der Waals surface area contributed by atoms with Gasteiger partial charge >= 0.3 is 0 Å². The summed E-state index contributed by atoms with van der Waals surface area (Å²) in [4.78, 5) is 0.252. The smallest absolute Gasteiger partial charge is 0.238 e. The number of benzene rings is 2. The van der Waals surface area contributed by atoms with Crippen molar-refractivity contribution < 1.29 is 14.1 Å². The van der Waals surface area contributed by atoms with Crippen molar-refractivity contribution >= 4 is 46.0 Å². The van der Waals surface area contributed by atoms with Crippen molar-refractivity contribution in [3.8, 4) is 0 Å². The maximum atomic E-state index is 13.2. The van der Waals surface area contributed by atoms with E-state index in [9.17, 15) is 9.50 Å². The second-order valence-corrected chi connectivity index (χ2v) is 6.78. The zero-order valence-corrected chi connectivity index (χ0v) is 16.0. The monoisotopic (exact) mass is 398 g/mol. The molecular formula is C21H16ClFN2OS. The van der Waals surface area contributed by atoms with E-state index in [1.807, 2.05) is 25.3 Å². The van der Waals surface area contributed by atoms with Crippen LogP contribution in [-0.4, -0.2) is 4.99 Å². The standard InChI is InChI=1S/C21H16ClFN2OS/c1-14-3-2-12-25(13-14)19(20(26)15-4-8-17(23)9-5-15)21(27)24-18-10-6-16(22)7-11-18/h2-13H,1H3,(H-,24,26,27). The van der Waals surface area contributed by atoms with Crippen molar-refractivity contribution in [3.05, 3.63) is 95.0 Å². The van der Waals surface area contributed by atoms with Crippen molar-refractivity contribution in [2.75, 3.05) is 5.32 Å². The number of thiocarbonyl (C=S) groups is 1. The molecule has 0 amide bonds. The van der Waals surface area contributed by atoms with Gasteiger partial charge < -0.3 is 10.4 Å². The zero-order valence-electron chi connectivity index (χ0n) is 14.4. The van der Waals surface area contributed by atoms with E-state index in [0.717, 1.165) is 5.56 Å². The number of aromatic nitrogens is 1. The number of anilines is 1. The van der Waals surface area contributed by atoms with Crippen molar-refractivity contribution in [2.45, 2.75) is 6.92 Å². The Bertz CT molecular complexity index is 1000. The minimum absolute atomic E-state index is 0.252. The van der Waals surface area contributed by atoms with Crippen LogP contribution in [0.15, 0.2) is 73.1 Å². The molecule has 0 unspecified atom stereocenters. The maximum absolute atomic E-state index is 13.2. The summed E-state index contributed by atoms with van der Waals surface area (Å²) in [7, 11) is 0. The zero-order chi connectivity index (χ0) is 19.4. The lowest BCUT2D eigenvalue weighted by Crippen LogP contribution is -2.40. The number of nitrogens with one attached hydrogen (secondary N) is 1. The first-order valence-corrected chi connectivity index (χ1v) is 8.95. The van der Waals surface area contributed by atoms with Gasteiger partial charge in [0.05, 0.1) is 0 Å². The van der Waals surface area contributed by atoms with Crippen molar-refractivity contribution in [1.29, 1.82) is 0 Å². The molecule has 0 aliphatic heterocycles. The van der Waals surface area contributed by atoms with Gasteiger partial charge in [0.25, 0.3) is 0 Å². The van der Waals surface area contributed by atoms with Crippen LogP contribution in [0.4, 0.5) is 10.1 Å². The van der Waals surface area contributed by atoms with Crippen LogP contribution in [0.3, 0.4) is 0 Å². The molecule has 0 atom stereocenters. The Kier molecular flexibility index (Phi) is 5.84. The fraction of sp³-hybridized carbons (Fsp3) is 0.0476. The molecule has 0 spiro atoms. The van der Waals surface area contributed by atoms with Gasteiger partial charge in [-0.05, 0) is 60.7 Å². The molecule has 1 heterocycles. The number of hydrogen-bond acceptors (Lipinski definition) is 2. The minimum Gasteiger partial charge on any atom is -0.867 e. The molecule has 2 aromatic carbocycles. The Hall–Kier alpha value is -2.76. The number of hydrogen-bond donors (Lipinski definition) is 1. The minimum atomic E-state index is -0.404. The van der Waals surface area contributed by atoms with Crippen LogP contribution >= 0.6 is 23.8 Å². The molecule has 1 N–H and O–H groups in total. The molecule has 0 bridgehead atoms. The predicted octanol–water partition coefficient (Wildman–Crippen LogP) is 4.20. The summed E-state index contributed by atoms with van der Waals surface area (Å²) in [6.45, 7) is 1.92. The van der Waals surface area contributed by atoms with Crippen LogP contribution in [0.1, 0.15) is 11.1 Å². The van der Waals surface area contributed by atoms with Crippen molar-refractivity contribution in [1.82, 2.24) is 0 Å². The first kappa shape index (κ1) is 19.0. The van der Waals surface area contributed by atoms with E-state index in [4.69, 9.17) is 23.8 Å². The Morgan fingerprint density at radius 2 is 1.74 bits per heavy atom. The van der Waals surface area contributed by atoms with Crippen LogP contribution in [0.2, 0.25) is 5.02 Å². The summed E-state index contributed by atoms with van der Waals surface area (Å²) < 4.78 is 14.9. The van der Waals surface area contributed by atoms with E-state index in [2.05, 4.69) is 5.32 Å². The number of nitrogens with zero attached hydrogens (tertiary/aromatic N) is 1. The maximum Gasteiger partial charge on any atom is 0.238 e. The van der Waals surface area contributed by atoms with Crippen molar-refractivity contribution in [2.24, 2.45) is 0 Å². The lowest BCUT2D eigenvalue weighted by atomic mass is 10.1. The highest BCUT2D eigenvalue weighted by Gasteiger charge is 2.19. The van der Waals surface area contributed by atoms with E-state index in [1.54, 1.807) is 35.0 Å². The highest BCUT2D eigenvalue weighted by molar-refractivity contribution is 7.81. The molecule has 3 aromatic rings. The average Bonchev–Trinajstić information content (AvgIpc) is 2.64. The Balaban J connectivity index is 2.06. The molecular weight excluding hydrogens is 383 g/mol. The molecule has 0 aliphatic rings. The fourth-order valence-corrected chi connectivity index (χ4v) is 2.97. The van der Waals surface area contributed by atoms with Gasteiger partial charge in [0.2, 0.25) is 5.70 Å². The summed E-state index contributed by atoms with van der Waals surface area (Å²) in [6.07, 6.45) is 3.56. The third-order valence-electron chi connectivity index (χ3n) is 3.85. The lowest BCUT2D eigenvalue weighted by molar-refractivity contribution is -0.578. The molecule has 1 aromatic heterocycles. The van der Waals surface area contributed by atoms with Gasteiger partial charge in [-0.2, -0.15) is 4.57 Å². The molecule has 0 radical (unpaired) electrons. The molecule has 27 heavy (non-hydrogen) atoms. The Morgan fingerprint density at radius 1 is 1.07 bits per heavy atom. The highest BCUT2D eigenvalue weighted by atomic mass is 35.5. The molecule has 6 heteroatoms. The molecule has 0 fully saturated rings. The third kappa shape index (κ3) is 4.70. The number of rotatable bonds is 4. The highest BCUT2D eigenvalue weighted by Crippen LogP contribution is 2.19. The summed E-state index contributed by atoms with van der Waals surface area (Å²) in [5, 5.41) is 16.8. The summed E-state index contributed by atoms with van der Waals surface area (Å²) in [5.41, 5.74) is 2.30. The molecule has 0 saturated heterocycles. The number of halogens is 2. The van der Waals surface area contributed by atoms with Crippen molar-refractivity contribution in [3.63, 3.8) is 0 Å². The largest absolute Gasteiger partial charge is 0.867 e. The van der Waals surface area contributed by atoms with Crippen LogP contribution in [0, 0.1) is 12.7 Å². The Labute approximate surface area is 167 Å². The van der Waals surface area contributed by atoms with Crippen LogP contribution in [-0.2, 0) is 0 Å². The SMILES string of the molecule is Cc1ccc[n+](C(C(=S)Nc2ccc(Cl)cc2)=C([O-])c2ccc(F)cc2)c1. The van der Waals surface area contributed by atoms with E-state index >= 15 is 0 Å². The van der Waals surface area contributed by atoms with Gasteiger partial charge in [0, 0.05) is 22.3 Å². The lowest BCUT2D eigenvalue weighted by Gasteiger charge is -2.17. The summed E-state index contributed by atoms with van der Waals surface area (Å²) >= 11 is 11.4. The summed E-state index contributed by atoms with van der Waals surface area (Å²) in [6, 6.07) is 16.2. The topological polar surface area (TPSA) is 39.0 Å². The second-order valence-electron chi connectivity index (χ2n) is 5.93.